The third-order valence-corrected chi connectivity index (χ3v) is 5.89. The van der Waals surface area contributed by atoms with E-state index in [-0.39, 0.29) is 11.4 Å². The number of pyridine rings is 1. The summed E-state index contributed by atoms with van der Waals surface area (Å²) in [7, 11) is 1.53. The Labute approximate surface area is 173 Å². The van der Waals surface area contributed by atoms with Crippen LogP contribution in [-0.2, 0) is 0 Å². The average Bonchev–Trinajstić information content (AvgIpc) is 3.36. The first-order valence-electron chi connectivity index (χ1n) is 10.1. The van der Waals surface area contributed by atoms with Crippen LogP contribution in [0.2, 0.25) is 0 Å². The number of carbonyl (C=O) groups excluding carboxylic acids is 1. The Morgan fingerprint density at radius 3 is 3.07 bits per heavy atom. The van der Waals surface area contributed by atoms with Gasteiger partial charge in [-0.1, -0.05) is 0 Å². The maximum absolute atomic E-state index is 13.0. The standard InChI is InChI=1S/C20H24N8O2/c1-30-15-4-6-22-11-14(15)23-20(29)17-18(21)25-28-8-5-16(24-19(17)28)27-10-9-26-7-2-3-13(26)12-27/h4-6,8,11,13H,2-3,7,9-10,12H2,1H3,(H2,21,25)(H,23,29). The Morgan fingerprint density at radius 1 is 1.30 bits per heavy atom. The third-order valence-electron chi connectivity index (χ3n) is 5.89. The number of carbonyl (C=O) groups is 1. The van der Waals surface area contributed by atoms with E-state index in [9.17, 15) is 4.79 Å². The van der Waals surface area contributed by atoms with Crippen molar-refractivity contribution >= 4 is 28.9 Å². The van der Waals surface area contributed by atoms with E-state index in [2.05, 4.69) is 25.2 Å². The van der Waals surface area contributed by atoms with Gasteiger partial charge in [-0.25, -0.2) is 9.50 Å². The molecular weight excluding hydrogens is 384 g/mol. The van der Waals surface area contributed by atoms with Crippen molar-refractivity contribution in [1.29, 1.82) is 0 Å². The summed E-state index contributed by atoms with van der Waals surface area (Å²) >= 11 is 0. The maximum atomic E-state index is 13.0. The van der Waals surface area contributed by atoms with Crippen molar-refractivity contribution in [1.82, 2.24) is 24.5 Å². The molecule has 0 aliphatic carbocycles. The number of hydrogen-bond acceptors (Lipinski definition) is 8. The van der Waals surface area contributed by atoms with Gasteiger partial charge in [-0.15, -0.1) is 5.10 Å². The monoisotopic (exact) mass is 408 g/mol. The molecule has 0 radical (unpaired) electrons. The highest BCUT2D eigenvalue weighted by Crippen LogP contribution is 2.27. The molecule has 156 valence electrons. The van der Waals surface area contributed by atoms with Gasteiger partial charge < -0.3 is 20.7 Å². The topological polar surface area (TPSA) is 114 Å². The van der Waals surface area contributed by atoms with Crippen molar-refractivity contribution in [3.8, 4) is 5.75 Å². The minimum atomic E-state index is -0.404. The number of anilines is 3. The number of nitrogens with two attached hydrogens (primary N) is 1. The molecule has 10 nitrogen and oxygen atoms in total. The van der Waals surface area contributed by atoms with Gasteiger partial charge in [0.25, 0.3) is 5.91 Å². The Bertz CT molecular complexity index is 1100. The fraction of sp³-hybridized carbons (Fsp3) is 0.400. The van der Waals surface area contributed by atoms with E-state index in [1.807, 2.05) is 6.07 Å². The van der Waals surface area contributed by atoms with Crippen molar-refractivity contribution < 1.29 is 9.53 Å². The minimum Gasteiger partial charge on any atom is -0.494 e. The Morgan fingerprint density at radius 2 is 2.20 bits per heavy atom. The number of hydrogen-bond donors (Lipinski definition) is 2. The van der Waals surface area contributed by atoms with Crippen LogP contribution in [0.15, 0.2) is 30.7 Å². The van der Waals surface area contributed by atoms with Crippen LogP contribution in [0.5, 0.6) is 5.75 Å². The molecule has 3 aromatic rings. The van der Waals surface area contributed by atoms with Gasteiger partial charge >= 0.3 is 0 Å². The first-order chi connectivity index (χ1) is 14.6. The van der Waals surface area contributed by atoms with Crippen molar-refractivity contribution in [3.05, 3.63) is 36.3 Å². The number of amides is 1. The summed E-state index contributed by atoms with van der Waals surface area (Å²) in [5.74, 6) is 1.07. The number of aromatic nitrogens is 4. The van der Waals surface area contributed by atoms with Crippen LogP contribution < -0.4 is 20.7 Å². The van der Waals surface area contributed by atoms with E-state index >= 15 is 0 Å². The fourth-order valence-corrected chi connectivity index (χ4v) is 4.37. The molecule has 2 saturated heterocycles. The highest BCUT2D eigenvalue weighted by atomic mass is 16.5. The summed E-state index contributed by atoms with van der Waals surface area (Å²) in [4.78, 5) is 26.7. The summed E-state index contributed by atoms with van der Waals surface area (Å²) in [6, 6.07) is 4.18. The molecule has 2 aliphatic rings. The van der Waals surface area contributed by atoms with Gasteiger partial charge in [0, 0.05) is 44.1 Å². The third kappa shape index (κ3) is 3.18. The van der Waals surface area contributed by atoms with Gasteiger partial charge in [0.05, 0.1) is 13.3 Å². The highest BCUT2D eigenvalue weighted by molar-refractivity contribution is 6.12. The van der Waals surface area contributed by atoms with Gasteiger partial charge in [0.2, 0.25) is 0 Å². The van der Waals surface area contributed by atoms with Crippen LogP contribution in [-0.4, -0.2) is 69.7 Å². The van der Waals surface area contributed by atoms with Gasteiger partial charge in [-0.2, -0.15) is 0 Å². The lowest BCUT2D eigenvalue weighted by Crippen LogP contribution is -2.50. The van der Waals surface area contributed by atoms with Crippen LogP contribution >= 0.6 is 0 Å². The number of nitrogen functional groups attached to an aromatic ring is 1. The van der Waals surface area contributed by atoms with Crippen LogP contribution in [0, 0.1) is 0 Å². The summed E-state index contributed by atoms with van der Waals surface area (Å²) in [5, 5.41) is 7.06. The van der Waals surface area contributed by atoms with Gasteiger partial charge in [0.15, 0.2) is 11.5 Å². The van der Waals surface area contributed by atoms with E-state index in [1.165, 1.54) is 32.7 Å². The molecule has 5 rings (SSSR count). The molecule has 5 heterocycles. The Balaban J connectivity index is 1.45. The molecule has 30 heavy (non-hydrogen) atoms. The highest BCUT2D eigenvalue weighted by Gasteiger charge is 2.31. The van der Waals surface area contributed by atoms with E-state index in [4.69, 9.17) is 15.5 Å². The first-order valence-corrected chi connectivity index (χ1v) is 10.1. The molecule has 0 spiro atoms. The van der Waals surface area contributed by atoms with Crippen LogP contribution in [0.3, 0.4) is 0 Å². The first kappa shape index (κ1) is 18.6. The number of piperazine rings is 1. The Hall–Kier alpha value is -3.40. The molecule has 0 bridgehead atoms. The molecule has 3 aromatic heterocycles. The van der Waals surface area contributed by atoms with Gasteiger partial charge in [-0.3, -0.25) is 14.7 Å². The number of ether oxygens (including phenoxy) is 1. The predicted octanol–water partition coefficient (Wildman–Crippen LogP) is 1.25. The summed E-state index contributed by atoms with van der Waals surface area (Å²) in [6.45, 7) is 4.08. The largest absolute Gasteiger partial charge is 0.494 e. The summed E-state index contributed by atoms with van der Waals surface area (Å²) in [5.41, 5.74) is 7.20. The van der Waals surface area contributed by atoms with Gasteiger partial charge in [0.1, 0.15) is 22.8 Å². The van der Waals surface area contributed by atoms with Crippen LogP contribution in [0.1, 0.15) is 23.2 Å². The van der Waals surface area contributed by atoms with Crippen LogP contribution in [0.25, 0.3) is 5.65 Å². The molecule has 1 unspecified atom stereocenters. The molecule has 0 saturated carbocycles. The minimum absolute atomic E-state index is 0.126. The van der Waals surface area contributed by atoms with E-state index in [0.29, 0.717) is 23.1 Å². The smallest absolute Gasteiger partial charge is 0.263 e. The predicted molar refractivity (Wildman–Crippen MR) is 113 cm³/mol. The van der Waals surface area contributed by atoms with E-state index in [1.54, 1.807) is 23.0 Å². The lowest BCUT2D eigenvalue weighted by Gasteiger charge is -2.38. The normalized spacial score (nSPS) is 19.1. The van der Waals surface area contributed by atoms with Crippen LogP contribution in [0.4, 0.5) is 17.3 Å². The van der Waals surface area contributed by atoms with Crippen molar-refractivity contribution in [2.45, 2.75) is 18.9 Å². The molecule has 2 fully saturated rings. The molecule has 0 aromatic carbocycles. The molecule has 2 aliphatic heterocycles. The quantitative estimate of drug-likeness (QED) is 0.663. The second-order valence-corrected chi connectivity index (χ2v) is 7.62. The second-order valence-electron chi connectivity index (χ2n) is 7.62. The summed E-state index contributed by atoms with van der Waals surface area (Å²) < 4.78 is 6.82. The second kappa shape index (κ2) is 7.45. The van der Waals surface area contributed by atoms with E-state index < -0.39 is 5.91 Å². The van der Waals surface area contributed by atoms with Crippen molar-refractivity contribution in [2.24, 2.45) is 0 Å². The zero-order valence-electron chi connectivity index (χ0n) is 16.8. The Kier molecular flexibility index (Phi) is 4.62. The SMILES string of the molecule is COc1ccncc1NC(=O)c1c(N)nn2ccc(N3CCN4CCCC4C3)nc12. The van der Waals surface area contributed by atoms with Crippen molar-refractivity contribution in [2.75, 3.05) is 49.2 Å². The lowest BCUT2D eigenvalue weighted by atomic mass is 10.1. The van der Waals surface area contributed by atoms with Gasteiger partial charge in [-0.05, 0) is 25.5 Å². The average molecular weight is 408 g/mol. The molecule has 3 N–H and O–H groups in total. The number of methoxy groups -OCH3 is 1. The number of rotatable bonds is 4. The zero-order valence-corrected chi connectivity index (χ0v) is 16.8. The fourth-order valence-electron chi connectivity index (χ4n) is 4.37. The molecule has 1 amide bonds. The number of nitrogens with zero attached hydrogens (tertiary/aromatic N) is 6. The number of nitrogens with one attached hydrogen (secondary N) is 1. The molecule has 1 atom stereocenters. The van der Waals surface area contributed by atoms with Crippen molar-refractivity contribution in [3.63, 3.8) is 0 Å². The molecule has 10 heteroatoms. The zero-order chi connectivity index (χ0) is 20.7. The maximum Gasteiger partial charge on any atom is 0.263 e. The molecular formula is C20H24N8O2. The number of fused-ring (bicyclic) bond motifs is 2. The van der Waals surface area contributed by atoms with E-state index in [0.717, 1.165) is 25.5 Å². The summed E-state index contributed by atoms with van der Waals surface area (Å²) in [6.07, 6.45) is 7.40. The lowest BCUT2D eigenvalue weighted by molar-refractivity contribution is 0.102.